The Morgan fingerprint density at radius 1 is 1.40 bits per heavy atom. The topological polar surface area (TPSA) is 95.5 Å². The van der Waals surface area contributed by atoms with Gasteiger partial charge in [-0.3, -0.25) is 14.9 Å². The zero-order valence-electron chi connectivity index (χ0n) is 7.58. The highest BCUT2D eigenvalue weighted by Gasteiger charge is 2.06. The summed E-state index contributed by atoms with van der Waals surface area (Å²) in [5, 5.41) is 10.3. The van der Waals surface area contributed by atoms with Crippen molar-refractivity contribution in [1.29, 1.82) is 0 Å². The second-order valence-electron chi connectivity index (χ2n) is 2.43. The Kier molecular flexibility index (Phi) is 5.29. The maximum absolute atomic E-state index is 10.7. The predicted molar refractivity (Wildman–Crippen MR) is 55.0 cm³/mol. The molecule has 1 rings (SSSR count). The lowest BCUT2D eigenvalue weighted by atomic mass is 10.3. The van der Waals surface area contributed by atoms with Crippen LogP contribution in [0.5, 0.6) is 5.75 Å². The first-order valence-electron chi connectivity index (χ1n) is 3.78. The normalized spacial score (nSPS) is 8.87. The van der Waals surface area contributed by atoms with Crippen molar-refractivity contribution >= 4 is 24.1 Å². The highest BCUT2D eigenvalue weighted by atomic mass is 35.5. The fourth-order valence-corrected chi connectivity index (χ4v) is 0.809. The fourth-order valence-electron chi connectivity index (χ4n) is 0.809. The van der Waals surface area contributed by atoms with Gasteiger partial charge in [0.25, 0.3) is 5.69 Å². The Bertz CT molecular complexity index is 352. The Morgan fingerprint density at radius 2 is 1.93 bits per heavy atom. The van der Waals surface area contributed by atoms with E-state index in [0.29, 0.717) is 0 Å². The number of nitro groups is 1. The van der Waals surface area contributed by atoms with Crippen molar-refractivity contribution < 1.29 is 14.5 Å². The summed E-state index contributed by atoms with van der Waals surface area (Å²) >= 11 is 0. The molecule has 82 valence electrons. The molecule has 0 amide bonds. The minimum Gasteiger partial charge on any atom is -0.426 e. The van der Waals surface area contributed by atoms with Gasteiger partial charge in [0.1, 0.15) is 5.75 Å². The number of non-ortho nitro benzene ring substituents is 1. The van der Waals surface area contributed by atoms with E-state index in [-0.39, 0.29) is 30.4 Å². The molecule has 0 atom stereocenters. The Balaban J connectivity index is 0.00000196. The molecule has 0 bridgehead atoms. The van der Waals surface area contributed by atoms with Crippen LogP contribution in [0.15, 0.2) is 24.3 Å². The molecule has 15 heavy (non-hydrogen) atoms. The van der Waals surface area contributed by atoms with Gasteiger partial charge in [-0.15, -0.1) is 12.4 Å². The molecule has 6 nitrogen and oxygen atoms in total. The minimum absolute atomic E-state index is 0. The summed E-state index contributed by atoms with van der Waals surface area (Å²) in [6.07, 6.45) is 0. The summed E-state index contributed by atoms with van der Waals surface area (Å²) in [5.41, 5.74) is 4.96. The number of rotatable bonds is 3. The van der Waals surface area contributed by atoms with Gasteiger partial charge in [0.2, 0.25) is 0 Å². The average molecular weight is 233 g/mol. The van der Waals surface area contributed by atoms with Crippen LogP contribution in [-0.2, 0) is 4.79 Å². The van der Waals surface area contributed by atoms with Crippen LogP contribution in [0.2, 0.25) is 0 Å². The predicted octanol–water partition coefficient (Wildman–Crippen LogP) is 0.881. The first-order valence-corrected chi connectivity index (χ1v) is 3.78. The average Bonchev–Trinajstić information content (AvgIpc) is 2.18. The number of ether oxygens (including phenoxy) is 1. The van der Waals surface area contributed by atoms with E-state index in [1.807, 2.05) is 0 Å². The van der Waals surface area contributed by atoms with E-state index in [0.717, 1.165) is 0 Å². The van der Waals surface area contributed by atoms with Gasteiger partial charge < -0.3 is 10.5 Å². The third kappa shape index (κ3) is 3.92. The van der Waals surface area contributed by atoms with Crippen LogP contribution in [0.1, 0.15) is 0 Å². The number of benzene rings is 1. The van der Waals surface area contributed by atoms with Crippen molar-refractivity contribution in [2.45, 2.75) is 0 Å². The van der Waals surface area contributed by atoms with Crippen LogP contribution in [0, 0.1) is 10.1 Å². The molecule has 0 saturated heterocycles. The summed E-state index contributed by atoms with van der Waals surface area (Å²) in [6.45, 7) is -0.225. The third-order valence-electron chi connectivity index (χ3n) is 1.45. The summed E-state index contributed by atoms with van der Waals surface area (Å²) in [7, 11) is 0. The van der Waals surface area contributed by atoms with Crippen molar-refractivity contribution in [1.82, 2.24) is 0 Å². The molecule has 0 fully saturated rings. The van der Waals surface area contributed by atoms with Gasteiger partial charge in [-0.1, -0.05) is 0 Å². The lowest BCUT2D eigenvalue weighted by molar-refractivity contribution is -0.384. The van der Waals surface area contributed by atoms with Crippen LogP contribution in [0.4, 0.5) is 5.69 Å². The van der Waals surface area contributed by atoms with E-state index < -0.39 is 10.9 Å². The quantitative estimate of drug-likeness (QED) is 0.361. The van der Waals surface area contributed by atoms with Gasteiger partial charge in [-0.25, -0.2) is 0 Å². The molecule has 0 aromatic heterocycles. The summed E-state index contributed by atoms with van der Waals surface area (Å²) < 4.78 is 4.71. The molecule has 7 heteroatoms. The van der Waals surface area contributed by atoms with Gasteiger partial charge >= 0.3 is 5.97 Å². The highest BCUT2D eigenvalue weighted by molar-refractivity contribution is 5.85. The van der Waals surface area contributed by atoms with Gasteiger partial charge in [-0.2, -0.15) is 0 Å². The Morgan fingerprint density at radius 3 is 2.33 bits per heavy atom. The number of hydrogen-bond donors (Lipinski definition) is 1. The van der Waals surface area contributed by atoms with E-state index in [2.05, 4.69) is 0 Å². The lowest BCUT2D eigenvalue weighted by Crippen LogP contribution is -2.19. The standard InChI is InChI=1S/C8H8N2O4.ClH/c9-5-8(11)14-7-3-1-6(2-4-7)10(12)13;/h1-4H,5,9H2;1H. The molecular weight excluding hydrogens is 224 g/mol. The monoisotopic (exact) mass is 232 g/mol. The van der Waals surface area contributed by atoms with Crippen LogP contribution in [-0.4, -0.2) is 17.4 Å². The zero-order valence-corrected chi connectivity index (χ0v) is 8.40. The number of esters is 1. The molecule has 0 saturated carbocycles. The number of carbonyl (C=O) groups excluding carboxylic acids is 1. The fraction of sp³-hybridized carbons (Fsp3) is 0.125. The smallest absolute Gasteiger partial charge is 0.325 e. The molecule has 1 aromatic rings. The van der Waals surface area contributed by atoms with Crippen LogP contribution < -0.4 is 10.5 Å². The molecule has 1 aromatic carbocycles. The molecule has 0 spiro atoms. The second-order valence-corrected chi connectivity index (χ2v) is 2.43. The molecule has 0 heterocycles. The maximum atomic E-state index is 10.7. The number of nitrogens with two attached hydrogens (primary N) is 1. The number of hydrogen-bond acceptors (Lipinski definition) is 5. The molecular formula is C8H9ClN2O4. The van der Waals surface area contributed by atoms with E-state index in [9.17, 15) is 14.9 Å². The zero-order chi connectivity index (χ0) is 10.6. The van der Waals surface area contributed by atoms with Gasteiger partial charge in [-0.05, 0) is 12.1 Å². The largest absolute Gasteiger partial charge is 0.426 e. The number of halogens is 1. The molecule has 0 aliphatic rings. The number of nitro benzene ring substituents is 1. The Labute approximate surface area is 91.6 Å². The van der Waals surface area contributed by atoms with Gasteiger partial charge in [0, 0.05) is 12.1 Å². The van der Waals surface area contributed by atoms with E-state index >= 15 is 0 Å². The molecule has 0 radical (unpaired) electrons. The maximum Gasteiger partial charge on any atom is 0.325 e. The first kappa shape index (κ1) is 13.3. The third-order valence-corrected chi connectivity index (χ3v) is 1.45. The number of carbonyl (C=O) groups is 1. The van der Waals surface area contributed by atoms with E-state index in [1.165, 1.54) is 24.3 Å². The minimum atomic E-state index is -0.584. The Hall–Kier alpha value is -1.66. The van der Waals surface area contributed by atoms with Gasteiger partial charge in [0.15, 0.2) is 0 Å². The second kappa shape index (κ2) is 5.94. The first-order chi connectivity index (χ1) is 6.63. The van der Waals surface area contributed by atoms with Crippen molar-refractivity contribution in [3.05, 3.63) is 34.4 Å². The van der Waals surface area contributed by atoms with Crippen molar-refractivity contribution in [3.8, 4) is 5.75 Å². The van der Waals surface area contributed by atoms with E-state index in [4.69, 9.17) is 10.5 Å². The summed E-state index contributed by atoms with van der Waals surface area (Å²) in [5.74, 6) is -0.343. The van der Waals surface area contributed by atoms with E-state index in [1.54, 1.807) is 0 Å². The van der Waals surface area contributed by atoms with Crippen LogP contribution in [0.3, 0.4) is 0 Å². The highest BCUT2D eigenvalue weighted by Crippen LogP contribution is 2.17. The summed E-state index contributed by atoms with van der Waals surface area (Å²) in [6, 6.07) is 5.18. The van der Waals surface area contributed by atoms with Crippen molar-refractivity contribution in [2.24, 2.45) is 5.73 Å². The molecule has 0 unspecified atom stereocenters. The SMILES string of the molecule is Cl.NCC(=O)Oc1ccc([N+](=O)[O-])cc1. The van der Waals surface area contributed by atoms with Crippen LogP contribution in [0.25, 0.3) is 0 Å². The molecule has 0 aliphatic heterocycles. The summed E-state index contributed by atoms with van der Waals surface area (Å²) in [4.78, 5) is 20.5. The van der Waals surface area contributed by atoms with Gasteiger partial charge in [0.05, 0.1) is 11.5 Å². The lowest BCUT2D eigenvalue weighted by Gasteiger charge is -2.00. The number of nitrogens with zero attached hydrogens (tertiary/aromatic N) is 1. The van der Waals surface area contributed by atoms with Crippen LogP contribution >= 0.6 is 12.4 Å². The molecule has 0 aliphatic carbocycles. The van der Waals surface area contributed by atoms with Crippen molar-refractivity contribution in [2.75, 3.05) is 6.54 Å². The molecule has 2 N–H and O–H groups in total. The van der Waals surface area contributed by atoms with Crippen molar-refractivity contribution in [3.63, 3.8) is 0 Å².